The maximum atomic E-state index is 3.69. The van der Waals surface area contributed by atoms with Crippen molar-refractivity contribution in [3.63, 3.8) is 0 Å². The van der Waals surface area contributed by atoms with Crippen LogP contribution in [0.4, 0.5) is 0 Å². The smallest absolute Gasteiger partial charge is 0.0294 e. The first-order chi connectivity index (χ1) is 7.97. The Labute approximate surface area is 106 Å². The highest BCUT2D eigenvalue weighted by atomic mass is 15.0. The number of rotatable bonds is 3. The topological polar surface area (TPSA) is 12.0 Å². The Kier molecular flexibility index (Phi) is 3.58. The summed E-state index contributed by atoms with van der Waals surface area (Å²) in [6.07, 6.45) is 4.10. The van der Waals surface area contributed by atoms with Gasteiger partial charge in [0.15, 0.2) is 0 Å². The number of hydrogen-bond donors (Lipinski definition) is 1. The van der Waals surface area contributed by atoms with Crippen LogP contribution in [0.1, 0.15) is 64.1 Å². The van der Waals surface area contributed by atoms with Crippen molar-refractivity contribution in [1.82, 2.24) is 5.32 Å². The van der Waals surface area contributed by atoms with Crippen molar-refractivity contribution >= 4 is 0 Å². The van der Waals surface area contributed by atoms with Gasteiger partial charge in [0.1, 0.15) is 0 Å². The van der Waals surface area contributed by atoms with Crippen molar-refractivity contribution in [3.05, 3.63) is 35.4 Å². The Bertz CT molecular complexity index is 354. The Hall–Kier alpha value is -0.820. The minimum Gasteiger partial charge on any atom is -0.307 e. The van der Waals surface area contributed by atoms with E-state index in [1.165, 1.54) is 30.4 Å². The van der Waals surface area contributed by atoms with Crippen molar-refractivity contribution in [2.24, 2.45) is 0 Å². The molecule has 0 aliphatic heterocycles. The quantitative estimate of drug-likeness (QED) is 0.822. The molecule has 1 atom stereocenters. The summed E-state index contributed by atoms with van der Waals surface area (Å²) in [5, 5.41) is 3.69. The van der Waals surface area contributed by atoms with E-state index >= 15 is 0 Å². The molecule has 1 N–H and O–H groups in total. The zero-order valence-corrected chi connectivity index (χ0v) is 11.6. The summed E-state index contributed by atoms with van der Waals surface area (Å²) in [5.41, 5.74) is 3.07. The second kappa shape index (κ2) is 4.81. The first-order valence-electron chi connectivity index (χ1n) is 6.83. The maximum Gasteiger partial charge on any atom is 0.0294 e. The summed E-state index contributed by atoms with van der Waals surface area (Å²) >= 11 is 0. The van der Waals surface area contributed by atoms with Crippen LogP contribution >= 0.6 is 0 Å². The average Bonchev–Trinajstić information content (AvgIpc) is 2.22. The SMILES string of the molecule is CC(NC1CCC1)c1ccc(C(C)(C)C)cc1. The van der Waals surface area contributed by atoms with E-state index in [-0.39, 0.29) is 5.41 Å². The highest BCUT2D eigenvalue weighted by Gasteiger charge is 2.20. The van der Waals surface area contributed by atoms with Crippen LogP contribution in [0.2, 0.25) is 0 Å². The Morgan fingerprint density at radius 1 is 1.12 bits per heavy atom. The molecule has 1 heteroatoms. The first kappa shape index (κ1) is 12.6. The average molecular weight is 231 g/mol. The predicted molar refractivity (Wildman–Crippen MR) is 74.3 cm³/mol. The maximum absolute atomic E-state index is 3.69. The molecule has 1 aromatic carbocycles. The summed E-state index contributed by atoms with van der Waals surface area (Å²) < 4.78 is 0. The van der Waals surface area contributed by atoms with E-state index in [0.29, 0.717) is 6.04 Å². The van der Waals surface area contributed by atoms with Gasteiger partial charge < -0.3 is 5.32 Å². The first-order valence-corrected chi connectivity index (χ1v) is 6.83. The fourth-order valence-corrected chi connectivity index (χ4v) is 2.30. The van der Waals surface area contributed by atoms with Crippen molar-refractivity contribution in [1.29, 1.82) is 0 Å². The summed E-state index contributed by atoms with van der Waals surface area (Å²) in [6.45, 7) is 9.05. The number of nitrogens with one attached hydrogen (secondary N) is 1. The van der Waals surface area contributed by atoms with Crippen molar-refractivity contribution in [3.8, 4) is 0 Å². The lowest BCUT2D eigenvalue weighted by atomic mass is 9.86. The minimum atomic E-state index is 0.253. The zero-order chi connectivity index (χ0) is 12.5. The third-order valence-electron chi connectivity index (χ3n) is 3.87. The van der Waals surface area contributed by atoms with Crippen LogP contribution < -0.4 is 5.32 Å². The van der Waals surface area contributed by atoms with Gasteiger partial charge in [0.05, 0.1) is 0 Å². The third-order valence-corrected chi connectivity index (χ3v) is 3.87. The van der Waals surface area contributed by atoms with E-state index in [0.717, 1.165) is 6.04 Å². The fraction of sp³-hybridized carbons (Fsp3) is 0.625. The normalized spacial score (nSPS) is 18.8. The second-order valence-electron chi connectivity index (χ2n) is 6.39. The highest BCUT2D eigenvalue weighted by molar-refractivity contribution is 5.29. The molecule has 2 rings (SSSR count). The monoisotopic (exact) mass is 231 g/mol. The van der Waals surface area contributed by atoms with E-state index in [1.807, 2.05) is 0 Å². The lowest BCUT2D eigenvalue weighted by molar-refractivity contribution is 0.313. The van der Waals surface area contributed by atoms with Crippen LogP contribution in [0.5, 0.6) is 0 Å². The molecule has 17 heavy (non-hydrogen) atoms. The largest absolute Gasteiger partial charge is 0.307 e. The van der Waals surface area contributed by atoms with Gasteiger partial charge in [-0.25, -0.2) is 0 Å². The molecule has 1 aliphatic rings. The molecule has 0 amide bonds. The van der Waals surface area contributed by atoms with Gasteiger partial charge in [-0.05, 0) is 36.3 Å². The number of benzene rings is 1. The molecule has 0 bridgehead atoms. The van der Waals surface area contributed by atoms with E-state index in [4.69, 9.17) is 0 Å². The van der Waals surface area contributed by atoms with Crippen LogP contribution in [0.15, 0.2) is 24.3 Å². The van der Waals surface area contributed by atoms with Gasteiger partial charge in [-0.2, -0.15) is 0 Å². The summed E-state index contributed by atoms with van der Waals surface area (Å²) in [7, 11) is 0. The third kappa shape index (κ3) is 3.10. The molecule has 1 saturated carbocycles. The molecule has 1 nitrogen and oxygen atoms in total. The summed E-state index contributed by atoms with van der Waals surface area (Å²) in [4.78, 5) is 0. The van der Waals surface area contributed by atoms with Gasteiger partial charge in [0.25, 0.3) is 0 Å². The van der Waals surface area contributed by atoms with Gasteiger partial charge in [-0.3, -0.25) is 0 Å². The van der Waals surface area contributed by atoms with Gasteiger partial charge >= 0.3 is 0 Å². The molecule has 0 heterocycles. The van der Waals surface area contributed by atoms with E-state index < -0.39 is 0 Å². The Morgan fingerprint density at radius 3 is 2.12 bits per heavy atom. The minimum absolute atomic E-state index is 0.253. The Balaban J connectivity index is 2.01. The van der Waals surface area contributed by atoms with E-state index in [2.05, 4.69) is 57.3 Å². The van der Waals surface area contributed by atoms with Crippen molar-refractivity contribution in [2.75, 3.05) is 0 Å². The molecular weight excluding hydrogens is 206 g/mol. The van der Waals surface area contributed by atoms with Gasteiger partial charge in [-0.15, -0.1) is 0 Å². The summed E-state index contributed by atoms with van der Waals surface area (Å²) in [6, 6.07) is 10.3. The van der Waals surface area contributed by atoms with Gasteiger partial charge in [-0.1, -0.05) is 51.5 Å². The molecule has 1 fully saturated rings. The fourth-order valence-electron chi connectivity index (χ4n) is 2.30. The molecule has 0 aromatic heterocycles. The highest BCUT2D eigenvalue weighted by Crippen LogP contribution is 2.26. The molecule has 0 radical (unpaired) electrons. The zero-order valence-electron chi connectivity index (χ0n) is 11.6. The molecule has 1 unspecified atom stereocenters. The molecule has 1 aromatic rings. The van der Waals surface area contributed by atoms with Crippen molar-refractivity contribution in [2.45, 2.75) is 64.5 Å². The van der Waals surface area contributed by atoms with Gasteiger partial charge in [0.2, 0.25) is 0 Å². The summed E-state index contributed by atoms with van der Waals surface area (Å²) in [5.74, 6) is 0. The lowest BCUT2D eigenvalue weighted by Gasteiger charge is -2.30. The molecule has 1 aliphatic carbocycles. The van der Waals surface area contributed by atoms with Crippen LogP contribution in [-0.2, 0) is 5.41 Å². The van der Waals surface area contributed by atoms with E-state index in [1.54, 1.807) is 0 Å². The standard InChI is InChI=1S/C16H25N/c1-12(17-15-6-5-7-15)13-8-10-14(11-9-13)16(2,3)4/h8-12,15,17H,5-7H2,1-4H3. The molecular formula is C16H25N. The second-order valence-corrected chi connectivity index (χ2v) is 6.39. The van der Waals surface area contributed by atoms with Crippen molar-refractivity contribution < 1.29 is 0 Å². The van der Waals surface area contributed by atoms with E-state index in [9.17, 15) is 0 Å². The van der Waals surface area contributed by atoms with Crippen LogP contribution in [0.25, 0.3) is 0 Å². The van der Waals surface area contributed by atoms with Crippen LogP contribution in [0, 0.1) is 0 Å². The predicted octanol–water partition coefficient (Wildman–Crippen LogP) is 4.19. The molecule has 94 valence electrons. The van der Waals surface area contributed by atoms with Gasteiger partial charge in [0, 0.05) is 12.1 Å². The number of hydrogen-bond acceptors (Lipinski definition) is 1. The lowest BCUT2D eigenvalue weighted by Crippen LogP contribution is -2.36. The molecule has 0 saturated heterocycles. The van der Waals surface area contributed by atoms with Crippen LogP contribution in [0.3, 0.4) is 0 Å². The Morgan fingerprint density at radius 2 is 1.71 bits per heavy atom. The van der Waals surface area contributed by atoms with Crippen LogP contribution in [-0.4, -0.2) is 6.04 Å². The molecule has 0 spiro atoms.